The van der Waals surface area contributed by atoms with E-state index in [1.54, 1.807) is 18.2 Å². The van der Waals surface area contributed by atoms with Crippen LogP contribution in [0, 0.1) is 0 Å². The molecule has 0 spiro atoms. The highest BCUT2D eigenvalue weighted by atomic mass is 79.9. The number of nitrogens with zero attached hydrogens (tertiary/aromatic N) is 1. The molecule has 0 unspecified atom stereocenters. The van der Waals surface area contributed by atoms with Crippen LogP contribution in [0.4, 0.5) is 0 Å². The second-order valence-electron chi connectivity index (χ2n) is 3.79. The van der Waals surface area contributed by atoms with Crippen molar-refractivity contribution in [3.05, 3.63) is 22.8 Å². The van der Waals surface area contributed by atoms with Crippen LogP contribution in [0.5, 0.6) is 0 Å². The molecule has 0 atom stereocenters. The van der Waals surface area contributed by atoms with E-state index in [-0.39, 0.29) is 22.7 Å². The van der Waals surface area contributed by atoms with Crippen LogP contribution < -0.4 is 5.32 Å². The van der Waals surface area contributed by atoms with Gasteiger partial charge in [-0.1, -0.05) is 6.07 Å². The maximum Gasteiger partial charge on any atom is 0.198 e. The molecule has 1 aromatic heterocycles. The average Bonchev–Trinajstić information content (AvgIpc) is 2.30. The van der Waals surface area contributed by atoms with Gasteiger partial charge in [0.05, 0.1) is 5.25 Å². The summed E-state index contributed by atoms with van der Waals surface area (Å²) in [6, 6.07) is 4.98. The van der Waals surface area contributed by atoms with Gasteiger partial charge >= 0.3 is 0 Å². The Labute approximate surface area is 116 Å². The first-order valence-electron chi connectivity index (χ1n) is 5.18. The van der Waals surface area contributed by atoms with Crippen molar-refractivity contribution in [1.29, 1.82) is 0 Å². The van der Waals surface area contributed by atoms with Gasteiger partial charge in [0.25, 0.3) is 0 Å². The van der Waals surface area contributed by atoms with E-state index in [0.717, 1.165) is 13.1 Å². The minimum absolute atomic E-state index is 0. The molecular weight excluding hydrogens is 328 g/mol. The van der Waals surface area contributed by atoms with Crippen LogP contribution >= 0.6 is 28.3 Å². The highest BCUT2D eigenvalue weighted by Crippen LogP contribution is 2.21. The molecule has 1 aliphatic heterocycles. The van der Waals surface area contributed by atoms with Crippen molar-refractivity contribution in [2.75, 3.05) is 13.1 Å². The number of sulfone groups is 1. The van der Waals surface area contributed by atoms with Crippen LogP contribution in [0.15, 0.2) is 27.8 Å². The van der Waals surface area contributed by atoms with E-state index < -0.39 is 9.84 Å². The van der Waals surface area contributed by atoms with Crippen LogP contribution in [-0.4, -0.2) is 31.7 Å². The third-order valence-electron chi connectivity index (χ3n) is 2.71. The number of aromatic nitrogens is 1. The molecule has 0 saturated carbocycles. The van der Waals surface area contributed by atoms with E-state index in [0.29, 0.717) is 17.4 Å². The fourth-order valence-corrected chi connectivity index (χ4v) is 3.98. The van der Waals surface area contributed by atoms with Gasteiger partial charge in [-0.2, -0.15) is 0 Å². The summed E-state index contributed by atoms with van der Waals surface area (Å²) in [6.45, 7) is 1.52. The molecule has 1 saturated heterocycles. The lowest BCUT2D eigenvalue weighted by molar-refractivity contribution is 0.494. The van der Waals surface area contributed by atoms with Gasteiger partial charge in [-0.05, 0) is 54.0 Å². The molecule has 1 aromatic rings. The van der Waals surface area contributed by atoms with Crippen LogP contribution in [0.3, 0.4) is 0 Å². The molecule has 2 heterocycles. The van der Waals surface area contributed by atoms with Crippen molar-refractivity contribution < 1.29 is 8.42 Å². The highest BCUT2D eigenvalue weighted by molar-refractivity contribution is 9.10. The van der Waals surface area contributed by atoms with Gasteiger partial charge in [0.15, 0.2) is 14.9 Å². The summed E-state index contributed by atoms with van der Waals surface area (Å²) in [5.74, 6) is 0. The zero-order chi connectivity index (χ0) is 11.6. The van der Waals surface area contributed by atoms with Crippen LogP contribution in [0.25, 0.3) is 0 Å². The van der Waals surface area contributed by atoms with Gasteiger partial charge in [0.2, 0.25) is 0 Å². The fourth-order valence-electron chi connectivity index (χ4n) is 1.82. The molecule has 0 radical (unpaired) electrons. The summed E-state index contributed by atoms with van der Waals surface area (Å²) in [5.41, 5.74) is 0. The largest absolute Gasteiger partial charge is 0.317 e. The molecular formula is C10H14BrClN2O2S. The molecule has 96 valence electrons. The maximum absolute atomic E-state index is 12.2. The Morgan fingerprint density at radius 1 is 1.29 bits per heavy atom. The summed E-state index contributed by atoms with van der Waals surface area (Å²) >= 11 is 3.19. The topological polar surface area (TPSA) is 59.1 Å². The quantitative estimate of drug-likeness (QED) is 0.833. The molecule has 0 bridgehead atoms. The Kier molecular flexibility index (Phi) is 5.37. The molecule has 7 heteroatoms. The number of rotatable bonds is 2. The van der Waals surface area contributed by atoms with Gasteiger partial charge in [-0.15, -0.1) is 12.4 Å². The number of piperidine rings is 1. The van der Waals surface area contributed by atoms with Crippen molar-refractivity contribution in [1.82, 2.24) is 10.3 Å². The number of nitrogens with one attached hydrogen (secondary N) is 1. The van der Waals surface area contributed by atoms with E-state index in [4.69, 9.17) is 0 Å². The second-order valence-corrected chi connectivity index (χ2v) is 6.78. The lowest BCUT2D eigenvalue weighted by Crippen LogP contribution is -2.36. The second kappa shape index (κ2) is 6.13. The predicted octanol–water partition coefficient (Wildman–Crippen LogP) is 1.79. The molecule has 1 aliphatic rings. The van der Waals surface area contributed by atoms with Crippen molar-refractivity contribution in [2.24, 2.45) is 0 Å². The van der Waals surface area contributed by atoms with Crippen molar-refractivity contribution in [2.45, 2.75) is 23.1 Å². The number of hydrogen-bond donors (Lipinski definition) is 1. The molecule has 0 aliphatic carbocycles. The Balaban J connectivity index is 0.00000144. The van der Waals surface area contributed by atoms with Crippen molar-refractivity contribution >= 4 is 38.2 Å². The first-order valence-corrected chi connectivity index (χ1v) is 7.52. The predicted molar refractivity (Wildman–Crippen MR) is 72.3 cm³/mol. The lowest BCUT2D eigenvalue weighted by atomic mass is 10.2. The van der Waals surface area contributed by atoms with E-state index in [9.17, 15) is 8.42 Å². The molecule has 17 heavy (non-hydrogen) atoms. The van der Waals surface area contributed by atoms with Crippen molar-refractivity contribution in [3.8, 4) is 0 Å². The van der Waals surface area contributed by atoms with Gasteiger partial charge in [-0.3, -0.25) is 0 Å². The van der Waals surface area contributed by atoms with Gasteiger partial charge < -0.3 is 5.32 Å². The molecule has 4 nitrogen and oxygen atoms in total. The highest BCUT2D eigenvalue weighted by Gasteiger charge is 2.29. The minimum Gasteiger partial charge on any atom is -0.317 e. The SMILES string of the molecule is Cl.O=S(=O)(c1cccc(Br)n1)C1CCNCC1. The summed E-state index contributed by atoms with van der Waals surface area (Å²) in [7, 11) is -3.27. The van der Waals surface area contributed by atoms with Gasteiger partial charge in [0, 0.05) is 0 Å². The Morgan fingerprint density at radius 3 is 2.53 bits per heavy atom. The summed E-state index contributed by atoms with van der Waals surface area (Å²) in [6.07, 6.45) is 1.33. The Morgan fingerprint density at radius 2 is 1.94 bits per heavy atom. The minimum atomic E-state index is -3.27. The lowest BCUT2D eigenvalue weighted by Gasteiger charge is -2.22. The van der Waals surface area contributed by atoms with Crippen LogP contribution in [0.1, 0.15) is 12.8 Å². The van der Waals surface area contributed by atoms with Crippen LogP contribution in [0.2, 0.25) is 0 Å². The van der Waals surface area contributed by atoms with E-state index in [2.05, 4.69) is 26.2 Å². The molecule has 2 rings (SSSR count). The summed E-state index contributed by atoms with van der Waals surface area (Å²) in [4.78, 5) is 4.03. The molecule has 0 aromatic carbocycles. The third-order valence-corrected chi connectivity index (χ3v) is 5.31. The first kappa shape index (κ1) is 14.9. The van der Waals surface area contributed by atoms with Gasteiger partial charge in [0.1, 0.15) is 4.60 Å². The maximum atomic E-state index is 12.2. The summed E-state index contributed by atoms with van der Waals surface area (Å²) < 4.78 is 25.0. The smallest absolute Gasteiger partial charge is 0.198 e. The Hall–Kier alpha value is -0.170. The van der Waals surface area contributed by atoms with Gasteiger partial charge in [-0.25, -0.2) is 13.4 Å². The van der Waals surface area contributed by atoms with Crippen molar-refractivity contribution in [3.63, 3.8) is 0 Å². The number of pyridine rings is 1. The Bertz CT molecular complexity index is 475. The van der Waals surface area contributed by atoms with E-state index in [1.807, 2.05) is 0 Å². The normalized spacial score (nSPS) is 17.5. The summed E-state index contributed by atoms with van der Waals surface area (Å²) in [5, 5.41) is 3.03. The molecule has 1 fully saturated rings. The number of halogens is 2. The molecule has 1 N–H and O–H groups in total. The standard InChI is InChI=1S/C10H13BrN2O2S.ClH/c11-9-2-1-3-10(13-9)16(14,15)8-4-6-12-7-5-8;/h1-3,8,12H,4-7H2;1H. The third kappa shape index (κ3) is 3.40. The first-order chi connectivity index (χ1) is 7.60. The number of hydrogen-bond acceptors (Lipinski definition) is 4. The van der Waals surface area contributed by atoms with E-state index in [1.165, 1.54) is 0 Å². The van der Waals surface area contributed by atoms with Crippen LogP contribution in [-0.2, 0) is 9.84 Å². The van der Waals surface area contributed by atoms with E-state index >= 15 is 0 Å². The average molecular weight is 342 g/mol. The zero-order valence-corrected chi connectivity index (χ0v) is 12.3. The molecule has 0 amide bonds. The zero-order valence-electron chi connectivity index (χ0n) is 9.10. The monoisotopic (exact) mass is 340 g/mol. The fraction of sp³-hybridized carbons (Fsp3) is 0.500.